The van der Waals surface area contributed by atoms with Crippen LogP contribution in [0.15, 0.2) is 103 Å². The van der Waals surface area contributed by atoms with Crippen LogP contribution < -0.4 is 15.0 Å². The third-order valence-corrected chi connectivity index (χ3v) is 8.59. The zero-order chi connectivity index (χ0) is 28.3. The quantitative estimate of drug-likeness (QED) is 0.327. The number of hydrogen-bond donors (Lipinski definition) is 1. The van der Waals surface area contributed by atoms with E-state index in [4.69, 9.17) is 4.74 Å². The van der Waals surface area contributed by atoms with Crippen LogP contribution >= 0.6 is 0 Å². The summed E-state index contributed by atoms with van der Waals surface area (Å²) in [6.45, 7) is 0. The monoisotopic (exact) mass is 544 g/mol. The Labute approximate surface area is 236 Å². The molecule has 1 amide bonds. The van der Waals surface area contributed by atoms with Crippen molar-refractivity contribution >= 4 is 34.9 Å². The van der Waals surface area contributed by atoms with Gasteiger partial charge in [0, 0.05) is 16.9 Å². The van der Waals surface area contributed by atoms with E-state index in [-0.39, 0.29) is 11.5 Å². The predicted molar refractivity (Wildman–Crippen MR) is 154 cm³/mol. The van der Waals surface area contributed by atoms with Crippen molar-refractivity contribution in [1.29, 1.82) is 0 Å². The molecule has 7 rings (SSSR count). The molecule has 41 heavy (non-hydrogen) atoms. The Morgan fingerprint density at radius 1 is 0.902 bits per heavy atom. The van der Waals surface area contributed by atoms with E-state index >= 15 is 4.39 Å². The van der Waals surface area contributed by atoms with E-state index in [1.54, 1.807) is 36.4 Å². The number of para-hydroxylation sites is 2. The Kier molecular flexibility index (Phi) is 5.64. The van der Waals surface area contributed by atoms with Gasteiger partial charge >= 0.3 is 0 Å². The van der Waals surface area contributed by atoms with Gasteiger partial charge in [0.2, 0.25) is 5.91 Å². The van der Waals surface area contributed by atoms with Crippen molar-refractivity contribution in [2.24, 2.45) is 5.92 Å². The van der Waals surface area contributed by atoms with Gasteiger partial charge in [-0.15, -0.1) is 0 Å². The van der Waals surface area contributed by atoms with E-state index in [1.807, 2.05) is 59.5 Å². The van der Waals surface area contributed by atoms with Crippen LogP contribution in [0.4, 0.5) is 15.8 Å². The van der Waals surface area contributed by atoms with E-state index in [0.29, 0.717) is 28.3 Å². The molecular weight excluding hydrogens is 519 g/mol. The number of hydrogen-bond acceptors (Lipinski definition) is 5. The number of anilines is 2. The van der Waals surface area contributed by atoms with E-state index in [9.17, 15) is 14.4 Å². The molecule has 0 radical (unpaired) electrons. The highest BCUT2D eigenvalue weighted by molar-refractivity contribution is 6.18. The fourth-order valence-corrected chi connectivity index (χ4v) is 6.90. The normalized spacial score (nSPS) is 23.5. The number of halogens is 1. The molecule has 0 unspecified atom stereocenters. The fourth-order valence-electron chi connectivity index (χ4n) is 6.90. The van der Waals surface area contributed by atoms with Crippen molar-refractivity contribution in [1.82, 2.24) is 0 Å². The Morgan fingerprint density at radius 2 is 1.66 bits per heavy atom. The number of rotatable bonds is 5. The highest BCUT2D eigenvalue weighted by atomic mass is 19.1. The van der Waals surface area contributed by atoms with Gasteiger partial charge in [0.25, 0.3) is 0 Å². The molecule has 0 saturated carbocycles. The van der Waals surface area contributed by atoms with Crippen molar-refractivity contribution in [3.8, 4) is 5.75 Å². The number of carbonyl (C=O) groups is 3. The van der Waals surface area contributed by atoms with Crippen LogP contribution in [0.3, 0.4) is 0 Å². The lowest BCUT2D eigenvalue weighted by atomic mass is 9.64. The Bertz CT molecular complexity index is 1780. The molecule has 0 bridgehead atoms. The summed E-state index contributed by atoms with van der Waals surface area (Å²) in [6, 6.07) is 25.4. The molecule has 7 heteroatoms. The number of nitrogens with one attached hydrogen (secondary N) is 1. The molecule has 0 aromatic heterocycles. The zero-order valence-electron chi connectivity index (χ0n) is 22.1. The van der Waals surface area contributed by atoms with E-state index in [2.05, 4.69) is 5.32 Å². The summed E-state index contributed by atoms with van der Waals surface area (Å²) >= 11 is 0. The topological polar surface area (TPSA) is 75.7 Å². The lowest BCUT2D eigenvalue weighted by Crippen LogP contribution is -2.51. The molecule has 1 spiro atoms. The van der Waals surface area contributed by atoms with Gasteiger partial charge in [-0.3, -0.25) is 14.4 Å². The predicted octanol–water partition coefficient (Wildman–Crippen LogP) is 5.69. The van der Waals surface area contributed by atoms with Crippen LogP contribution in [0.2, 0.25) is 0 Å². The molecule has 0 aliphatic carbocycles. The first kappa shape index (κ1) is 25.0. The lowest BCUT2D eigenvalue weighted by Gasteiger charge is -2.37. The van der Waals surface area contributed by atoms with Crippen LogP contribution in [0.5, 0.6) is 5.75 Å². The number of carbonyl (C=O) groups excluding carboxylic acids is 3. The first-order chi connectivity index (χ1) is 20.0. The molecule has 4 atom stereocenters. The summed E-state index contributed by atoms with van der Waals surface area (Å²) in [5.74, 6) is -2.73. The van der Waals surface area contributed by atoms with Gasteiger partial charge in [-0.1, -0.05) is 72.8 Å². The molecule has 6 nitrogen and oxygen atoms in total. The highest BCUT2D eigenvalue weighted by Crippen LogP contribution is 2.58. The summed E-state index contributed by atoms with van der Waals surface area (Å²) < 4.78 is 20.6. The summed E-state index contributed by atoms with van der Waals surface area (Å²) in [5.41, 5.74) is 1.47. The summed E-state index contributed by atoms with van der Waals surface area (Å²) in [6.07, 6.45) is 3.82. The van der Waals surface area contributed by atoms with Gasteiger partial charge in [-0.05, 0) is 47.5 Å². The molecule has 4 aromatic carbocycles. The molecular formula is C34H25FN2O4. The minimum Gasteiger partial charge on any atom is -0.497 e. The second-order valence-corrected chi connectivity index (χ2v) is 10.5. The number of amides is 1. The molecule has 1 saturated heterocycles. The number of fused-ring (bicyclic) bond motifs is 6. The lowest BCUT2D eigenvalue weighted by molar-refractivity contribution is -0.121. The number of ketones is 2. The van der Waals surface area contributed by atoms with E-state index < -0.39 is 40.8 Å². The Balaban J connectivity index is 1.55. The first-order valence-electron chi connectivity index (χ1n) is 13.4. The SMILES string of the molecule is COc1cccc(C(=O)[C@@H]2[C@H](C(=O)c3ccccc3F)N3c4ccccc4C=C[C@H]3[C@]23C(=O)Nc2ccccc23)c1. The van der Waals surface area contributed by atoms with Crippen molar-refractivity contribution in [2.75, 3.05) is 17.3 Å². The molecule has 3 aliphatic heterocycles. The van der Waals surface area contributed by atoms with Crippen LogP contribution in [-0.4, -0.2) is 36.7 Å². The Morgan fingerprint density at radius 3 is 2.49 bits per heavy atom. The number of nitrogens with zero attached hydrogens (tertiary/aromatic N) is 1. The largest absolute Gasteiger partial charge is 0.497 e. The van der Waals surface area contributed by atoms with E-state index in [1.165, 1.54) is 25.3 Å². The fraction of sp³-hybridized carbons (Fsp3) is 0.147. The van der Waals surface area contributed by atoms with Gasteiger partial charge in [-0.2, -0.15) is 0 Å². The summed E-state index contributed by atoms with van der Waals surface area (Å²) in [4.78, 5) is 45.5. The maximum absolute atomic E-state index is 15.2. The number of ether oxygens (including phenoxy) is 1. The average Bonchev–Trinajstić information content (AvgIpc) is 3.49. The van der Waals surface area contributed by atoms with Crippen LogP contribution in [0.1, 0.15) is 31.8 Å². The summed E-state index contributed by atoms with van der Waals surface area (Å²) in [7, 11) is 1.51. The van der Waals surface area contributed by atoms with Crippen molar-refractivity contribution in [3.63, 3.8) is 0 Å². The summed E-state index contributed by atoms with van der Waals surface area (Å²) in [5, 5.41) is 2.99. The second kappa shape index (κ2) is 9.27. The molecule has 202 valence electrons. The maximum atomic E-state index is 15.2. The van der Waals surface area contributed by atoms with Crippen LogP contribution in [0.25, 0.3) is 6.08 Å². The number of methoxy groups -OCH3 is 1. The van der Waals surface area contributed by atoms with Crippen LogP contribution in [0, 0.1) is 11.7 Å². The second-order valence-electron chi connectivity index (χ2n) is 10.5. The zero-order valence-corrected chi connectivity index (χ0v) is 22.1. The third-order valence-electron chi connectivity index (χ3n) is 8.59. The number of benzene rings is 4. The van der Waals surface area contributed by atoms with Crippen molar-refractivity contribution in [2.45, 2.75) is 17.5 Å². The smallest absolute Gasteiger partial charge is 0.238 e. The first-order valence-corrected chi connectivity index (χ1v) is 13.4. The van der Waals surface area contributed by atoms with Gasteiger partial charge in [0.1, 0.15) is 23.0 Å². The highest BCUT2D eigenvalue weighted by Gasteiger charge is 2.70. The van der Waals surface area contributed by atoms with E-state index in [0.717, 1.165) is 5.56 Å². The molecule has 4 aromatic rings. The standard InChI is InChI=1S/C34H25FN2O4/c1-41-22-11-8-10-21(19-22)31(38)29-30(32(39)23-12-3-5-14-25(23)35)37-27-16-7-2-9-20(27)17-18-28(37)34(29)24-13-4-6-15-26(24)36-33(34)40/h2-19,28-30H,1H3,(H,36,40)/t28-,29-,30+,34-/m0/s1. The van der Waals surface area contributed by atoms with Gasteiger partial charge in [0.15, 0.2) is 11.6 Å². The third kappa shape index (κ3) is 3.45. The minimum absolute atomic E-state index is 0.129. The van der Waals surface area contributed by atoms with Crippen LogP contribution in [-0.2, 0) is 10.2 Å². The minimum atomic E-state index is -1.47. The molecule has 1 fully saturated rings. The molecule has 1 N–H and O–H groups in total. The van der Waals surface area contributed by atoms with Gasteiger partial charge in [0.05, 0.1) is 24.6 Å². The maximum Gasteiger partial charge on any atom is 0.238 e. The molecule has 3 heterocycles. The number of Topliss-reactive ketones (excluding diaryl/α,β-unsaturated/α-hetero) is 2. The van der Waals surface area contributed by atoms with Crippen molar-refractivity contribution < 1.29 is 23.5 Å². The van der Waals surface area contributed by atoms with Gasteiger partial charge < -0.3 is 15.0 Å². The average molecular weight is 545 g/mol. The molecule has 3 aliphatic rings. The van der Waals surface area contributed by atoms with Gasteiger partial charge in [-0.25, -0.2) is 4.39 Å². The van der Waals surface area contributed by atoms with Crippen molar-refractivity contribution in [3.05, 3.63) is 131 Å². The Hall–Kier alpha value is -5.04.